The molecule has 1 aliphatic carbocycles. The number of hydrogen-bond donors (Lipinski definition) is 1. The topological polar surface area (TPSA) is 41.6 Å². The van der Waals surface area contributed by atoms with Crippen LogP contribution in [0.1, 0.15) is 52.1 Å². The summed E-state index contributed by atoms with van der Waals surface area (Å²) in [6.07, 6.45) is 0.283. The molecule has 2 fully saturated rings. The van der Waals surface area contributed by atoms with E-state index in [0.29, 0.717) is 13.1 Å². The molecule has 3 unspecified atom stereocenters. The first-order chi connectivity index (χ1) is 11.7. The summed E-state index contributed by atoms with van der Waals surface area (Å²) in [5, 5.41) is 2.97. The number of hydrogen-bond acceptors (Lipinski definition) is 3. The van der Waals surface area contributed by atoms with Crippen LogP contribution < -0.4 is 5.32 Å². The molecular formula is C20H29FN2O2. The molecule has 138 valence electrons. The minimum Gasteiger partial charge on any atom is -0.444 e. The Morgan fingerprint density at radius 1 is 1.28 bits per heavy atom. The molecule has 0 aromatic heterocycles. The van der Waals surface area contributed by atoms with Crippen molar-refractivity contribution in [2.45, 2.75) is 63.9 Å². The fourth-order valence-electron chi connectivity index (χ4n) is 3.80. The van der Waals surface area contributed by atoms with Crippen LogP contribution >= 0.6 is 0 Å². The summed E-state index contributed by atoms with van der Waals surface area (Å²) in [4.78, 5) is 14.3. The van der Waals surface area contributed by atoms with Crippen molar-refractivity contribution in [2.75, 3.05) is 13.1 Å². The Hall–Kier alpha value is -1.62. The van der Waals surface area contributed by atoms with Crippen LogP contribution in [0.3, 0.4) is 0 Å². The SMILES string of the molecule is CC(c1ccccc1)N1CC(F)C(C2(NC(=O)OC(C)(C)C)CC2)C1. The van der Waals surface area contributed by atoms with E-state index in [4.69, 9.17) is 4.74 Å². The van der Waals surface area contributed by atoms with E-state index in [1.807, 2.05) is 39.0 Å². The van der Waals surface area contributed by atoms with Crippen LogP contribution in [-0.2, 0) is 4.74 Å². The zero-order valence-electron chi connectivity index (χ0n) is 15.6. The van der Waals surface area contributed by atoms with Gasteiger partial charge in [-0.15, -0.1) is 0 Å². The number of halogens is 1. The molecule has 1 heterocycles. The number of nitrogens with zero attached hydrogens (tertiary/aromatic N) is 1. The Labute approximate surface area is 149 Å². The number of amides is 1. The molecule has 5 heteroatoms. The third-order valence-corrected chi connectivity index (χ3v) is 5.35. The summed E-state index contributed by atoms with van der Waals surface area (Å²) in [5.74, 6) is -0.175. The average Bonchev–Trinajstić information content (AvgIpc) is 3.18. The Kier molecular flexibility index (Phi) is 4.80. The number of alkyl halides is 1. The molecule has 1 aliphatic heterocycles. The zero-order valence-corrected chi connectivity index (χ0v) is 15.6. The fraction of sp³-hybridized carbons (Fsp3) is 0.650. The smallest absolute Gasteiger partial charge is 0.408 e. The molecule has 4 nitrogen and oxygen atoms in total. The second kappa shape index (κ2) is 6.60. The maximum atomic E-state index is 14.8. The van der Waals surface area contributed by atoms with Gasteiger partial charge in [-0.25, -0.2) is 9.18 Å². The molecule has 25 heavy (non-hydrogen) atoms. The normalized spacial score (nSPS) is 26.9. The number of likely N-dealkylation sites (tertiary alicyclic amines) is 1. The number of nitrogens with one attached hydrogen (secondary N) is 1. The van der Waals surface area contributed by atoms with E-state index < -0.39 is 23.4 Å². The third kappa shape index (κ3) is 4.14. The van der Waals surface area contributed by atoms with Gasteiger partial charge >= 0.3 is 6.09 Å². The van der Waals surface area contributed by atoms with Gasteiger partial charge < -0.3 is 10.1 Å². The van der Waals surface area contributed by atoms with E-state index in [1.54, 1.807) is 0 Å². The molecule has 1 aromatic rings. The lowest BCUT2D eigenvalue weighted by molar-refractivity contribution is 0.0461. The summed E-state index contributed by atoms with van der Waals surface area (Å²) in [6.45, 7) is 8.70. The van der Waals surface area contributed by atoms with E-state index in [9.17, 15) is 9.18 Å². The van der Waals surface area contributed by atoms with Gasteiger partial charge in [-0.1, -0.05) is 30.3 Å². The van der Waals surface area contributed by atoms with Crippen molar-refractivity contribution >= 4 is 6.09 Å². The van der Waals surface area contributed by atoms with Crippen molar-refractivity contribution in [1.29, 1.82) is 0 Å². The van der Waals surface area contributed by atoms with Crippen LogP contribution in [0.4, 0.5) is 9.18 Å². The number of alkyl carbamates (subject to hydrolysis) is 1. The van der Waals surface area contributed by atoms with Crippen LogP contribution in [0.25, 0.3) is 0 Å². The molecular weight excluding hydrogens is 319 g/mol. The van der Waals surface area contributed by atoms with E-state index in [-0.39, 0.29) is 12.0 Å². The molecule has 0 spiro atoms. The van der Waals surface area contributed by atoms with E-state index in [1.165, 1.54) is 5.56 Å². The van der Waals surface area contributed by atoms with Gasteiger partial charge in [-0.3, -0.25) is 4.90 Å². The van der Waals surface area contributed by atoms with Gasteiger partial charge in [0.15, 0.2) is 0 Å². The van der Waals surface area contributed by atoms with E-state index >= 15 is 0 Å². The lowest BCUT2D eigenvalue weighted by Crippen LogP contribution is -2.47. The summed E-state index contributed by atoms with van der Waals surface area (Å²) in [5.41, 5.74) is 0.214. The second-order valence-electron chi connectivity index (χ2n) is 8.45. The molecule has 3 rings (SSSR count). The van der Waals surface area contributed by atoms with Crippen LogP contribution in [0.15, 0.2) is 30.3 Å². The Balaban J connectivity index is 1.64. The second-order valence-corrected chi connectivity index (χ2v) is 8.45. The minimum absolute atomic E-state index is 0.168. The quantitative estimate of drug-likeness (QED) is 0.892. The Bertz CT molecular complexity index is 610. The molecule has 1 amide bonds. The van der Waals surface area contributed by atoms with Gasteiger partial charge in [0.25, 0.3) is 0 Å². The predicted molar refractivity (Wildman–Crippen MR) is 96.2 cm³/mol. The van der Waals surface area contributed by atoms with Gasteiger partial charge in [0.05, 0.1) is 5.54 Å². The number of carbonyl (C=O) groups excluding carboxylic acids is 1. The molecule has 0 bridgehead atoms. The molecule has 2 aliphatic rings. The Morgan fingerprint density at radius 2 is 1.92 bits per heavy atom. The summed E-state index contributed by atoms with van der Waals surface area (Å²) >= 11 is 0. The van der Waals surface area contributed by atoms with Gasteiger partial charge in [-0.05, 0) is 46.1 Å². The first-order valence-electron chi connectivity index (χ1n) is 9.14. The largest absolute Gasteiger partial charge is 0.444 e. The Morgan fingerprint density at radius 3 is 2.48 bits per heavy atom. The fourth-order valence-corrected chi connectivity index (χ4v) is 3.80. The van der Waals surface area contributed by atoms with Gasteiger partial charge in [-0.2, -0.15) is 0 Å². The van der Waals surface area contributed by atoms with Gasteiger partial charge in [0, 0.05) is 25.0 Å². The van der Waals surface area contributed by atoms with E-state index in [2.05, 4.69) is 29.3 Å². The lowest BCUT2D eigenvalue weighted by Gasteiger charge is -2.29. The third-order valence-electron chi connectivity index (χ3n) is 5.35. The van der Waals surface area contributed by atoms with Gasteiger partial charge in [0.1, 0.15) is 11.8 Å². The van der Waals surface area contributed by atoms with Crippen molar-refractivity contribution in [3.05, 3.63) is 35.9 Å². The summed E-state index contributed by atoms with van der Waals surface area (Å²) in [6, 6.07) is 10.3. The molecule has 1 aromatic carbocycles. The highest BCUT2D eigenvalue weighted by atomic mass is 19.1. The summed E-state index contributed by atoms with van der Waals surface area (Å²) in [7, 11) is 0. The van der Waals surface area contributed by atoms with Crippen molar-refractivity contribution < 1.29 is 13.9 Å². The van der Waals surface area contributed by atoms with Crippen LogP contribution in [-0.4, -0.2) is 41.4 Å². The highest BCUT2D eigenvalue weighted by Gasteiger charge is 2.57. The standard InChI is InChI=1S/C20H29FN2O2/c1-14(15-8-6-5-7-9-15)23-12-16(17(21)13-23)20(10-11-20)22-18(24)25-19(2,3)4/h5-9,14,16-17H,10-13H2,1-4H3,(H,22,24). The van der Waals surface area contributed by atoms with Crippen LogP contribution in [0, 0.1) is 5.92 Å². The number of benzene rings is 1. The van der Waals surface area contributed by atoms with Crippen molar-refractivity contribution in [1.82, 2.24) is 10.2 Å². The predicted octanol–water partition coefficient (Wildman–Crippen LogP) is 4.07. The molecule has 1 saturated heterocycles. The highest BCUT2D eigenvalue weighted by Crippen LogP contribution is 2.48. The van der Waals surface area contributed by atoms with Crippen molar-refractivity contribution in [3.8, 4) is 0 Å². The van der Waals surface area contributed by atoms with Crippen LogP contribution in [0.5, 0.6) is 0 Å². The van der Waals surface area contributed by atoms with Crippen molar-refractivity contribution in [3.63, 3.8) is 0 Å². The first-order valence-corrected chi connectivity index (χ1v) is 9.14. The summed E-state index contributed by atoms with van der Waals surface area (Å²) < 4.78 is 20.2. The molecule has 1 N–H and O–H groups in total. The lowest BCUT2D eigenvalue weighted by atomic mass is 9.95. The number of carbonyl (C=O) groups is 1. The van der Waals surface area contributed by atoms with Gasteiger partial charge in [0.2, 0.25) is 0 Å². The van der Waals surface area contributed by atoms with Crippen molar-refractivity contribution in [2.24, 2.45) is 5.92 Å². The monoisotopic (exact) mass is 348 g/mol. The molecule has 3 atom stereocenters. The van der Waals surface area contributed by atoms with Crippen LogP contribution in [0.2, 0.25) is 0 Å². The highest BCUT2D eigenvalue weighted by molar-refractivity contribution is 5.69. The number of ether oxygens (including phenoxy) is 1. The maximum Gasteiger partial charge on any atom is 0.408 e. The zero-order chi connectivity index (χ0) is 18.2. The van der Waals surface area contributed by atoms with E-state index in [0.717, 1.165) is 12.8 Å². The molecule has 1 saturated carbocycles. The number of rotatable bonds is 4. The maximum absolute atomic E-state index is 14.8. The average molecular weight is 348 g/mol. The molecule has 0 radical (unpaired) electrons. The first kappa shape index (κ1) is 18.2. The minimum atomic E-state index is -0.927.